The average molecular weight is 595 g/mol. The zero-order chi connectivity index (χ0) is 31.3. The molecule has 234 valence electrons. The summed E-state index contributed by atoms with van der Waals surface area (Å²) in [5, 5.41) is 20.5. The van der Waals surface area contributed by atoms with E-state index in [0.717, 1.165) is 24.6 Å². The Labute approximate surface area is 253 Å². The minimum Gasteiger partial charge on any atom is -0.390 e. The molecular formula is C32H46N6O5. The molecule has 43 heavy (non-hydrogen) atoms. The van der Waals surface area contributed by atoms with Gasteiger partial charge in [-0.1, -0.05) is 43.5 Å². The fourth-order valence-electron chi connectivity index (χ4n) is 6.28. The highest BCUT2D eigenvalue weighted by molar-refractivity contribution is 5.99. The summed E-state index contributed by atoms with van der Waals surface area (Å²) in [5.74, 6) is -1.11. The highest BCUT2D eigenvalue weighted by Gasteiger charge is 2.41. The van der Waals surface area contributed by atoms with E-state index >= 15 is 0 Å². The molecule has 1 aromatic carbocycles. The summed E-state index contributed by atoms with van der Waals surface area (Å²) in [6.45, 7) is 8.42. The van der Waals surface area contributed by atoms with E-state index in [0.29, 0.717) is 23.9 Å². The van der Waals surface area contributed by atoms with Crippen LogP contribution < -0.4 is 21.7 Å². The summed E-state index contributed by atoms with van der Waals surface area (Å²) in [7, 11) is 0. The lowest BCUT2D eigenvalue weighted by atomic mass is 9.72. The van der Waals surface area contributed by atoms with Crippen molar-refractivity contribution in [1.82, 2.24) is 25.8 Å². The van der Waals surface area contributed by atoms with E-state index in [4.69, 9.17) is 5.73 Å². The van der Waals surface area contributed by atoms with Crippen molar-refractivity contribution in [2.45, 2.75) is 96.0 Å². The number of nitrogens with two attached hydrogens (primary N) is 1. The van der Waals surface area contributed by atoms with Crippen molar-refractivity contribution in [3.8, 4) is 0 Å². The van der Waals surface area contributed by atoms with Gasteiger partial charge in [-0.05, 0) is 64.5 Å². The molecule has 6 N–H and O–H groups in total. The van der Waals surface area contributed by atoms with Crippen LogP contribution in [0.5, 0.6) is 0 Å². The molecule has 11 heteroatoms. The molecule has 2 aliphatic rings. The average Bonchev–Trinajstić information content (AvgIpc) is 2.94. The molecule has 1 aliphatic heterocycles. The maximum Gasteiger partial charge on any atom is 0.270 e. The second-order valence-electron chi connectivity index (χ2n) is 13.2. The minimum absolute atomic E-state index is 0.0491. The van der Waals surface area contributed by atoms with Crippen LogP contribution in [0.1, 0.15) is 76.7 Å². The Bertz CT molecular complexity index is 1330. The summed E-state index contributed by atoms with van der Waals surface area (Å²) < 4.78 is 0. The third-order valence-corrected chi connectivity index (χ3v) is 8.53. The quantitative estimate of drug-likeness (QED) is 0.280. The van der Waals surface area contributed by atoms with E-state index in [1.54, 1.807) is 25.1 Å². The number of piperidine rings is 1. The van der Waals surface area contributed by atoms with Gasteiger partial charge >= 0.3 is 0 Å². The van der Waals surface area contributed by atoms with Crippen LogP contribution in [-0.2, 0) is 14.4 Å². The van der Waals surface area contributed by atoms with Gasteiger partial charge in [0.05, 0.1) is 30.1 Å². The number of pyridine rings is 1. The lowest BCUT2D eigenvalue weighted by Gasteiger charge is -2.47. The lowest BCUT2D eigenvalue weighted by Crippen LogP contribution is -2.60. The Morgan fingerprint density at radius 2 is 1.74 bits per heavy atom. The van der Waals surface area contributed by atoms with Gasteiger partial charge in [-0.3, -0.25) is 24.1 Å². The zero-order valence-corrected chi connectivity index (χ0v) is 25.6. The molecule has 1 aliphatic carbocycles. The second-order valence-corrected chi connectivity index (χ2v) is 13.2. The van der Waals surface area contributed by atoms with Gasteiger partial charge in [0.15, 0.2) is 0 Å². The molecule has 4 rings (SSSR count). The summed E-state index contributed by atoms with van der Waals surface area (Å²) in [4.78, 5) is 57.7. The van der Waals surface area contributed by atoms with Crippen molar-refractivity contribution in [1.29, 1.82) is 0 Å². The third-order valence-electron chi connectivity index (χ3n) is 8.53. The van der Waals surface area contributed by atoms with Crippen molar-refractivity contribution in [3.63, 3.8) is 0 Å². The van der Waals surface area contributed by atoms with Gasteiger partial charge in [-0.25, -0.2) is 4.98 Å². The van der Waals surface area contributed by atoms with Crippen LogP contribution in [0.3, 0.4) is 0 Å². The fraction of sp³-hybridized carbons (Fsp3) is 0.594. The SMILES string of the molecule is C[C@H](NC(=O)[C@H](CC(N)=O)NC(=O)c1ccc2ccccc2n1)[C@H](O)CN1C[C@H]2CCCC[C@H]2C[C@H]1C(=O)NC(C)(C)C. The largest absolute Gasteiger partial charge is 0.390 e. The van der Waals surface area contributed by atoms with E-state index in [-0.39, 0.29) is 29.7 Å². The first kappa shape index (κ1) is 32.3. The van der Waals surface area contributed by atoms with Crippen LogP contribution in [0.15, 0.2) is 36.4 Å². The van der Waals surface area contributed by atoms with E-state index in [9.17, 15) is 24.3 Å². The van der Waals surface area contributed by atoms with Gasteiger partial charge in [0.2, 0.25) is 17.7 Å². The molecule has 4 amide bonds. The van der Waals surface area contributed by atoms with Crippen molar-refractivity contribution in [3.05, 3.63) is 42.1 Å². The first-order valence-corrected chi connectivity index (χ1v) is 15.3. The second kappa shape index (κ2) is 13.8. The molecule has 0 bridgehead atoms. The maximum atomic E-state index is 13.3. The standard InChI is InChI=1S/C32H46N6O5/c1-19(27(39)18-38-17-22-11-6-5-10-21(22)15-26(38)31(43)37-32(2,3)4)34-30(42)25(16-28(33)40)36-29(41)24-14-13-20-9-7-8-12-23(20)35-24/h7-9,12-14,19,21-22,25-27,39H,5-6,10-11,15-18H2,1-4H3,(H2,33,40)(H,34,42)(H,36,41)(H,37,43)/t19-,21-,22+,25-,26-,27+/m0/s1. The summed E-state index contributed by atoms with van der Waals surface area (Å²) in [6, 6.07) is 8.27. The molecule has 2 heterocycles. The van der Waals surface area contributed by atoms with Crippen molar-refractivity contribution >= 4 is 34.5 Å². The van der Waals surface area contributed by atoms with Crippen LogP contribution in [0.2, 0.25) is 0 Å². The number of para-hydroxylation sites is 1. The van der Waals surface area contributed by atoms with Crippen LogP contribution in [-0.4, -0.2) is 81.5 Å². The molecule has 2 aromatic rings. The first-order chi connectivity index (χ1) is 20.3. The molecular weight excluding hydrogens is 548 g/mol. The van der Waals surface area contributed by atoms with E-state index in [1.807, 2.05) is 39.0 Å². The molecule has 6 atom stereocenters. The number of benzene rings is 1. The van der Waals surface area contributed by atoms with Crippen LogP contribution in [0.25, 0.3) is 10.9 Å². The number of carbonyl (C=O) groups excluding carboxylic acids is 4. The Kier molecular flexibility index (Phi) is 10.4. The summed E-state index contributed by atoms with van der Waals surface area (Å²) in [6.07, 6.45) is 3.91. The number of aliphatic hydroxyl groups excluding tert-OH is 1. The fourth-order valence-corrected chi connectivity index (χ4v) is 6.28. The van der Waals surface area contributed by atoms with E-state index < -0.39 is 42.3 Å². The molecule has 1 aromatic heterocycles. The predicted molar refractivity (Wildman–Crippen MR) is 164 cm³/mol. The number of nitrogens with zero attached hydrogens (tertiary/aromatic N) is 2. The monoisotopic (exact) mass is 594 g/mol. The van der Waals surface area contributed by atoms with Gasteiger partial charge in [0.25, 0.3) is 5.91 Å². The van der Waals surface area contributed by atoms with Crippen LogP contribution in [0, 0.1) is 11.8 Å². The predicted octanol–water partition coefficient (Wildman–Crippen LogP) is 1.87. The zero-order valence-electron chi connectivity index (χ0n) is 25.6. The number of β-amino-alcohol motifs (C(OH)–C–C–N with tert-alkyl or cyclic N) is 1. The van der Waals surface area contributed by atoms with Crippen molar-refractivity contribution in [2.24, 2.45) is 17.6 Å². The number of hydrogen-bond acceptors (Lipinski definition) is 7. The van der Waals surface area contributed by atoms with Gasteiger partial charge in [0.1, 0.15) is 11.7 Å². The Morgan fingerprint density at radius 3 is 2.44 bits per heavy atom. The minimum atomic E-state index is -1.25. The van der Waals surface area contributed by atoms with Gasteiger partial charge in [-0.15, -0.1) is 0 Å². The molecule has 0 radical (unpaired) electrons. The van der Waals surface area contributed by atoms with Crippen LogP contribution >= 0.6 is 0 Å². The van der Waals surface area contributed by atoms with Crippen LogP contribution in [0.4, 0.5) is 0 Å². The van der Waals surface area contributed by atoms with Crippen molar-refractivity contribution in [2.75, 3.05) is 13.1 Å². The number of likely N-dealkylation sites (tertiary alicyclic amines) is 1. The molecule has 0 spiro atoms. The smallest absolute Gasteiger partial charge is 0.270 e. The van der Waals surface area contributed by atoms with E-state index in [2.05, 4.69) is 25.8 Å². The normalized spacial score (nSPS) is 23.0. The number of nitrogens with one attached hydrogen (secondary N) is 3. The number of hydrogen-bond donors (Lipinski definition) is 5. The number of amides is 4. The molecule has 1 saturated heterocycles. The Balaban J connectivity index is 1.41. The lowest BCUT2D eigenvalue weighted by molar-refractivity contribution is -0.133. The van der Waals surface area contributed by atoms with Crippen molar-refractivity contribution < 1.29 is 24.3 Å². The maximum absolute atomic E-state index is 13.3. The number of carbonyl (C=O) groups is 4. The highest BCUT2D eigenvalue weighted by Crippen LogP contribution is 2.38. The number of rotatable bonds is 10. The molecule has 1 saturated carbocycles. The van der Waals surface area contributed by atoms with Gasteiger partial charge < -0.3 is 26.8 Å². The number of aliphatic hydroxyl groups is 1. The molecule has 0 unspecified atom stereocenters. The Morgan fingerprint density at radius 1 is 1.05 bits per heavy atom. The number of primary amides is 1. The van der Waals surface area contributed by atoms with Gasteiger partial charge in [0, 0.05) is 24.0 Å². The number of fused-ring (bicyclic) bond motifs is 2. The summed E-state index contributed by atoms with van der Waals surface area (Å²) >= 11 is 0. The molecule has 11 nitrogen and oxygen atoms in total. The highest BCUT2D eigenvalue weighted by atomic mass is 16.3. The topological polar surface area (TPSA) is 167 Å². The number of aromatic nitrogens is 1. The summed E-state index contributed by atoms with van der Waals surface area (Å²) in [5.41, 5.74) is 5.73. The first-order valence-electron chi connectivity index (χ1n) is 15.3. The van der Waals surface area contributed by atoms with Gasteiger partial charge in [-0.2, -0.15) is 0 Å². The Hall–Kier alpha value is -3.57. The third kappa shape index (κ3) is 8.73. The molecule has 2 fully saturated rings. The van der Waals surface area contributed by atoms with E-state index in [1.165, 1.54) is 12.8 Å².